The smallest absolute Gasteiger partial charge is 0.307 e. The molecule has 1 fully saturated rings. The lowest BCUT2D eigenvalue weighted by atomic mass is 10.2. The van der Waals surface area contributed by atoms with Crippen molar-refractivity contribution in [3.8, 4) is 6.07 Å². The van der Waals surface area contributed by atoms with Gasteiger partial charge in [-0.15, -0.1) is 11.3 Å². The number of fused-ring (bicyclic) bond motifs is 1. The SMILES string of the molecule is CC(=O)N(C1(C#N)CC1)S(=O)(=O)c1ccc2[nH]c(=O)n(Cc3cnc(C)s3)c(=O)c2c1. The lowest BCUT2D eigenvalue weighted by Crippen LogP contribution is -2.44. The number of H-pyrrole nitrogens is 1. The molecule has 1 amide bonds. The van der Waals surface area contributed by atoms with E-state index in [-0.39, 0.29) is 35.2 Å². The number of nitriles is 1. The zero-order valence-electron chi connectivity index (χ0n) is 16.6. The quantitative estimate of drug-likeness (QED) is 0.601. The Morgan fingerprint density at radius 1 is 1.39 bits per heavy atom. The Kier molecular flexibility index (Phi) is 4.83. The summed E-state index contributed by atoms with van der Waals surface area (Å²) in [5, 5.41) is 10.2. The van der Waals surface area contributed by atoms with E-state index in [4.69, 9.17) is 0 Å². The Bertz CT molecular complexity index is 1490. The van der Waals surface area contributed by atoms with Gasteiger partial charge < -0.3 is 4.98 Å². The third-order valence-corrected chi connectivity index (χ3v) is 7.92. The van der Waals surface area contributed by atoms with Gasteiger partial charge in [0.05, 0.1) is 33.4 Å². The van der Waals surface area contributed by atoms with Gasteiger partial charge in [0, 0.05) is 18.0 Å². The number of sulfonamides is 1. The third-order valence-electron chi connectivity index (χ3n) is 5.08. The standard InChI is InChI=1S/C19H17N5O5S2/c1-11-21-8-13(30-11)9-23-17(26)15-7-14(3-4-16(15)22-18(23)27)31(28,29)24(12(2)25)19(10-20)5-6-19/h3-4,7-8H,5-6,9H2,1-2H3,(H,22,27). The van der Waals surface area contributed by atoms with E-state index in [1.807, 2.05) is 6.07 Å². The molecule has 0 saturated heterocycles. The number of thiazole rings is 1. The van der Waals surface area contributed by atoms with Crippen LogP contribution >= 0.6 is 11.3 Å². The molecule has 31 heavy (non-hydrogen) atoms. The summed E-state index contributed by atoms with van der Waals surface area (Å²) < 4.78 is 27.9. The minimum Gasteiger partial charge on any atom is -0.307 e. The van der Waals surface area contributed by atoms with Crippen LogP contribution in [-0.2, 0) is 21.4 Å². The van der Waals surface area contributed by atoms with Crippen LogP contribution in [0.1, 0.15) is 29.7 Å². The van der Waals surface area contributed by atoms with Gasteiger partial charge >= 0.3 is 5.69 Å². The van der Waals surface area contributed by atoms with Crippen LogP contribution in [0, 0.1) is 18.3 Å². The fourth-order valence-corrected chi connectivity index (χ4v) is 5.98. The van der Waals surface area contributed by atoms with Gasteiger partial charge in [0.15, 0.2) is 0 Å². The summed E-state index contributed by atoms with van der Waals surface area (Å²) in [7, 11) is -4.38. The molecule has 0 unspecified atom stereocenters. The van der Waals surface area contributed by atoms with Gasteiger partial charge in [-0.1, -0.05) is 0 Å². The molecule has 1 aliphatic rings. The number of carbonyl (C=O) groups is 1. The Hall–Kier alpha value is -3.30. The third kappa shape index (κ3) is 3.45. The number of nitrogens with one attached hydrogen (secondary N) is 1. The normalized spacial score (nSPS) is 14.9. The van der Waals surface area contributed by atoms with Gasteiger partial charge in [-0.3, -0.25) is 14.2 Å². The van der Waals surface area contributed by atoms with Gasteiger partial charge in [-0.25, -0.2) is 22.5 Å². The molecule has 4 rings (SSSR count). The van der Waals surface area contributed by atoms with Crippen molar-refractivity contribution in [3.05, 3.63) is 55.1 Å². The Morgan fingerprint density at radius 3 is 2.65 bits per heavy atom. The number of hydrogen-bond donors (Lipinski definition) is 1. The van der Waals surface area contributed by atoms with Crippen LogP contribution in [0.25, 0.3) is 10.9 Å². The van der Waals surface area contributed by atoms with Gasteiger partial charge in [0.2, 0.25) is 5.91 Å². The number of carbonyl (C=O) groups excluding carboxylic acids is 1. The molecular formula is C19H17N5O5S2. The zero-order chi connectivity index (χ0) is 22.6. The summed E-state index contributed by atoms with van der Waals surface area (Å²) in [6, 6.07) is 5.54. The molecule has 1 aliphatic carbocycles. The van der Waals surface area contributed by atoms with Crippen LogP contribution in [0.4, 0.5) is 0 Å². The second kappa shape index (κ2) is 7.14. The number of hydrogen-bond acceptors (Lipinski definition) is 8. The van der Waals surface area contributed by atoms with Crippen LogP contribution in [0.3, 0.4) is 0 Å². The molecule has 0 radical (unpaired) electrons. The molecule has 12 heteroatoms. The van der Waals surface area contributed by atoms with Crippen molar-refractivity contribution in [1.82, 2.24) is 18.8 Å². The number of amides is 1. The predicted octanol–water partition coefficient (Wildman–Crippen LogP) is 1.10. The van der Waals surface area contributed by atoms with E-state index in [0.717, 1.165) is 22.6 Å². The number of aromatic amines is 1. The largest absolute Gasteiger partial charge is 0.329 e. The van der Waals surface area contributed by atoms with E-state index in [0.29, 0.717) is 9.18 Å². The molecule has 1 aromatic carbocycles. The topological polar surface area (TPSA) is 146 Å². The number of benzene rings is 1. The molecular weight excluding hydrogens is 442 g/mol. The monoisotopic (exact) mass is 459 g/mol. The molecule has 0 spiro atoms. The van der Waals surface area contributed by atoms with Crippen LogP contribution in [0.2, 0.25) is 0 Å². The maximum atomic E-state index is 13.2. The van der Waals surface area contributed by atoms with Gasteiger partial charge in [-0.2, -0.15) is 5.26 Å². The summed E-state index contributed by atoms with van der Waals surface area (Å²) in [5.74, 6) is -0.779. The van der Waals surface area contributed by atoms with Crippen LogP contribution in [0.15, 0.2) is 38.9 Å². The van der Waals surface area contributed by atoms with Gasteiger partial charge in [-0.05, 0) is 38.0 Å². The first-order valence-corrected chi connectivity index (χ1v) is 11.5. The van der Waals surface area contributed by atoms with E-state index in [2.05, 4.69) is 9.97 Å². The maximum absolute atomic E-state index is 13.2. The molecule has 0 bridgehead atoms. The number of rotatable bonds is 5. The van der Waals surface area contributed by atoms with Gasteiger partial charge in [0.1, 0.15) is 5.54 Å². The predicted molar refractivity (Wildman–Crippen MR) is 112 cm³/mol. The first kappa shape index (κ1) is 21.0. The maximum Gasteiger partial charge on any atom is 0.329 e. The van der Waals surface area contributed by atoms with E-state index in [1.165, 1.54) is 23.5 Å². The average Bonchev–Trinajstić information content (AvgIpc) is 3.37. The zero-order valence-corrected chi connectivity index (χ0v) is 18.2. The van der Waals surface area contributed by atoms with Crippen molar-refractivity contribution in [1.29, 1.82) is 5.26 Å². The minimum atomic E-state index is -4.38. The van der Waals surface area contributed by atoms with Crippen molar-refractivity contribution in [2.24, 2.45) is 0 Å². The summed E-state index contributed by atoms with van der Waals surface area (Å²) in [5.41, 5.74) is -2.53. The average molecular weight is 460 g/mol. The number of aryl methyl sites for hydroxylation is 1. The molecule has 0 aliphatic heterocycles. The van der Waals surface area contributed by atoms with Crippen molar-refractivity contribution in [2.45, 2.75) is 43.7 Å². The molecule has 1 N–H and O–H groups in total. The van der Waals surface area contributed by atoms with Gasteiger partial charge in [0.25, 0.3) is 15.6 Å². The van der Waals surface area contributed by atoms with E-state index < -0.39 is 32.7 Å². The van der Waals surface area contributed by atoms with Crippen LogP contribution < -0.4 is 11.2 Å². The number of nitrogens with zero attached hydrogens (tertiary/aromatic N) is 4. The summed E-state index contributed by atoms with van der Waals surface area (Å²) in [6.45, 7) is 2.87. The minimum absolute atomic E-state index is 0.0102. The van der Waals surface area contributed by atoms with E-state index in [9.17, 15) is 28.1 Å². The molecule has 1 saturated carbocycles. The lowest BCUT2D eigenvalue weighted by Gasteiger charge is -2.25. The second-order valence-electron chi connectivity index (χ2n) is 7.31. The highest BCUT2D eigenvalue weighted by Gasteiger charge is 2.55. The Morgan fingerprint density at radius 2 is 2.10 bits per heavy atom. The fraction of sp³-hybridized carbons (Fsp3) is 0.316. The van der Waals surface area contributed by atoms with Crippen molar-refractivity contribution in [3.63, 3.8) is 0 Å². The van der Waals surface area contributed by atoms with Crippen LogP contribution in [-0.4, -0.2) is 38.7 Å². The van der Waals surface area contributed by atoms with Crippen molar-refractivity contribution >= 4 is 38.2 Å². The highest BCUT2D eigenvalue weighted by molar-refractivity contribution is 7.89. The molecule has 0 atom stereocenters. The van der Waals surface area contributed by atoms with Crippen molar-refractivity contribution < 1.29 is 13.2 Å². The molecule has 2 aromatic heterocycles. The first-order valence-electron chi connectivity index (χ1n) is 9.24. The molecule has 2 heterocycles. The summed E-state index contributed by atoms with van der Waals surface area (Å²) in [4.78, 5) is 44.6. The van der Waals surface area contributed by atoms with Crippen molar-refractivity contribution in [2.75, 3.05) is 0 Å². The summed E-state index contributed by atoms with van der Waals surface area (Å²) in [6.07, 6.45) is 2.08. The Balaban J connectivity index is 1.85. The van der Waals surface area contributed by atoms with E-state index in [1.54, 1.807) is 13.1 Å². The Labute approximate surface area is 180 Å². The molecule has 160 valence electrons. The molecule has 3 aromatic rings. The summed E-state index contributed by atoms with van der Waals surface area (Å²) >= 11 is 1.34. The highest BCUT2D eigenvalue weighted by Crippen LogP contribution is 2.44. The molecule has 10 nitrogen and oxygen atoms in total. The lowest BCUT2D eigenvalue weighted by molar-refractivity contribution is -0.125. The van der Waals surface area contributed by atoms with Crippen LogP contribution in [0.5, 0.6) is 0 Å². The fourth-order valence-electron chi connectivity index (χ4n) is 3.45. The number of aromatic nitrogens is 3. The second-order valence-corrected chi connectivity index (χ2v) is 10.4. The first-order chi connectivity index (χ1) is 14.6. The van der Waals surface area contributed by atoms with E-state index >= 15 is 0 Å². The highest BCUT2D eigenvalue weighted by atomic mass is 32.2.